The third-order valence-electron chi connectivity index (χ3n) is 6.51. The number of nitrogens with zero attached hydrogens (tertiary/aromatic N) is 3. The first kappa shape index (κ1) is 17.6. The molecule has 0 radical (unpaired) electrons. The van der Waals surface area contributed by atoms with Gasteiger partial charge < -0.3 is 19.6 Å². The molecule has 1 atom stereocenters. The van der Waals surface area contributed by atoms with E-state index in [1.807, 2.05) is 12.1 Å². The summed E-state index contributed by atoms with van der Waals surface area (Å²) in [6.45, 7) is 2.54. The summed E-state index contributed by atoms with van der Waals surface area (Å²) in [7, 11) is 1.66. The van der Waals surface area contributed by atoms with Crippen LogP contribution < -0.4 is 9.64 Å². The zero-order valence-corrected chi connectivity index (χ0v) is 15.6. The van der Waals surface area contributed by atoms with Crippen LogP contribution in [-0.2, 0) is 4.79 Å². The lowest BCUT2D eigenvalue weighted by molar-refractivity contribution is -0.139. The van der Waals surface area contributed by atoms with Crippen LogP contribution in [0.25, 0.3) is 0 Å². The fourth-order valence-corrected chi connectivity index (χ4v) is 4.97. The summed E-state index contributed by atoms with van der Waals surface area (Å²) >= 11 is 0. The van der Waals surface area contributed by atoms with Crippen LogP contribution in [0, 0.1) is 5.41 Å². The van der Waals surface area contributed by atoms with Crippen LogP contribution in [0.4, 0.5) is 5.82 Å². The summed E-state index contributed by atoms with van der Waals surface area (Å²) < 4.78 is 5.33. The highest BCUT2D eigenvalue weighted by atomic mass is 16.5. The van der Waals surface area contributed by atoms with Crippen LogP contribution in [0.2, 0.25) is 0 Å². The van der Waals surface area contributed by atoms with E-state index >= 15 is 0 Å². The second-order valence-corrected chi connectivity index (χ2v) is 8.07. The minimum atomic E-state index is -0.265. The number of amides is 1. The number of pyridine rings is 1. The van der Waals surface area contributed by atoms with Crippen LogP contribution >= 0.6 is 0 Å². The Bertz CT molecular complexity index is 659. The lowest BCUT2D eigenvalue weighted by atomic mass is 9.78. The Kier molecular flexibility index (Phi) is 4.78. The maximum Gasteiger partial charge on any atom is 0.230 e. The van der Waals surface area contributed by atoms with E-state index in [0.717, 1.165) is 76.1 Å². The molecule has 4 rings (SSSR count). The smallest absolute Gasteiger partial charge is 0.230 e. The van der Waals surface area contributed by atoms with E-state index in [2.05, 4.69) is 14.8 Å². The molecule has 3 fully saturated rings. The van der Waals surface area contributed by atoms with Crippen LogP contribution in [0.15, 0.2) is 18.3 Å². The van der Waals surface area contributed by atoms with Gasteiger partial charge in [0.05, 0.1) is 18.6 Å². The zero-order valence-electron chi connectivity index (χ0n) is 15.6. The Labute approximate surface area is 155 Å². The molecule has 1 amide bonds. The normalized spacial score (nSPS) is 32.3. The van der Waals surface area contributed by atoms with E-state index in [1.165, 1.54) is 0 Å². The molecule has 26 heavy (non-hydrogen) atoms. The van der Waals surface area contributed by atoms with Gasteiger partial charge in [-0.15, -0.1) is 0 Å². The molecule has 0 aromatic carbocycles. The molecule has 1 spiro atoms. The third kappa shape index (κ3) is 3.15. The molecule has 6 heteroatoms. The SMILES string of the molecule is COc1ccnc(N2CCCC3(CCN(C4CCC(O)CC4)C3=O)C2)c1. The lowest BCUT2D eigenvalue weighted by Crippen LogP contribution is -2.50. The van der Waals surface area contributed by atoms with E-state index < -0.39 is 0 Å². The van der Waals surface area contributed by atoms with Crippen molar-refractivity contribution < 1.29 is 14.6 Å². The van der Waals surface area contributed by atoms with Gasteiger partial charge >= 0.3 is 0 Å². The van der Waals surface area contributed by atoms with Gasteiger partial charge in [0.1, 0.15) is 11.6 Å². The molecule has 1 aromatic heterocycles. The fraction of sp³-hybridized carbons (Fsp3) is 0.700. The van der Waals surface area contributed by atoms with Crippen LogP contribution in [0.3, 0.4) is 0 Å². The van der Waals surface area contributed by atoms with Gasteiger partial charge in [0.2, 0.25) is 5.91 Å². The van der Waals surface area contributed by atoms with Gasteiger partial charge in [-0.2, -0.15) is 0 Å². The van der Waals surface area contributed by atoms with Gasteiger partial charge in [-0.1, -0.05) is 0 Å². The molecule has 1 saturated carbocycles. The van der Waals surface area contributed by atoms with E-state index in [9.17, 15) is 9.90 Å². The molecule has 142 valence electrons. The number of aliphatic hydroxyl groups excluding tert-OH is 1. The molecule has 1 aromatic rings. The van der Waals surface area contributed by atoms with Crippen molar-refractivity contribution in [2.45, 2.75) is 57.1 Å². The van der Waals surface area contributed by atoms with E-state index in [-0.39, 0.29) is 11.5 Å². The standard InChI is InChI=1S/C20H29N3O3/c1-26-17-7-10-21-18(13-17)22-11-2-8-20(14-22)9-12-23(19(20)25)15-3-5-16(24)6-4-15/h7,10,13,15-16,24H,2-6,8-9,11-12,14H2,1H3. The first-order valence-electron chi connectivity index (χ1n) is 9.85. The Balaban J connectivity index is 1.48. The van der Waals surface area contributed by atoms with Crippen molar-refractivity contribution in [3.63, 3.8) is 0 Å². The first-order valence-corrected chi connectivity index (χ1v) is 9.85. The lowest BCUT2D eigenvalue weighted by Gasteiger charge is -2.41. The number of ether oxygens (including phenoxy) is 1. The monoisotopic (exact) mass is 359 g/mol. The first-order chi connectivity index (χ1) is 12.6. The number of hydrogen-bond acceptors (Lipinski definition) is 5. The summed E-state index contributed by atoms with van der Waals surface area (Å²) in [6, 6.07) is 4.12. The van der Waals surface area contributed by atoms with Crippen molar-refractivity contribution in [1.82, 2.24) is 9.88 Å². The average Bonchev–Trinajstić information content (AvgIpc) is 2.98. The van der Waals surface area contributed by atoms with Crippen LogP contribution in [0.1, 0.15) is 44.9 Å². The molecular weight excluding hydrogens is 330 g/mol. The van der Waals surface area contributed by atoms with E-state index in [0.29, 0.717) is 11.9 Å². The van der Waals surface area contributed by atoms with Gasteiger partial charge in [0.25, 0.3) is 0 Å². The maximum absolute atomic E-state index is 13.4. The van der Waals surface area contributed by atoms with Crippen LogP contribution in [-0.4, -0.2) is 59.8 Å². The van der Waals surface area contributed by atoms with E-state index in [4.69, 9.17) is 4.74 Å². The highest BCUT2D eigenvalue weighted by molar-refractivity contribution is 5.86. The highest BCUT2D eigenvalue weighted by Gasteiger charge is 2.50. The minimum absolute atomic E-state index is 0.178. The number of aromatic nitrogens is 1. The molecular formula is C20H29N3O3. The van der Waals surface area contributed by atoms with Gasteiger partial charge in [-0.3, -0.25) is 4.79 Å². The molecule has 2 aliphatic heterocycles. The largest absolute Gasteiger partial charge is 0.497 e. The third-order valence-corrected chi connectivity index (χ3v) is 6.51. The number of aliphatic hydroxyl groups is 1. The summed E-state index contributed by atoms with van der Waals surface area (Å²) in [5.41, 5.74) is -0.265. The number of anilines is 1. The van der Waals surface area contributed by atoms with Crippen molar-refractivity contribution in [3.05, 3.63) is 18.3 Å². The molecule has 0 bridgehead atoms. The molecule has 3 heterocycles. The molecule has 3 aliphatic rings. The van der Waals surface area contributed by atoms with Crippen molar-refractivity contribution in [2.75, 3.05) is 31.6 Å². The number of methoxy groups -OCH3 is 1. The van der Waals surface area contributed by atoms with Crippen molar-refractivity contribution in [3.8, 4) is 5.75 Å². The number of piperidine rings is 1. The number of carbonyl (C=O) groups excluding carboxylic acids is 1. The zero-order chi connectivity index (χ0) is 18.1. The number of likely N-dealkylation sites (tertiary alicyclic amines) is 1. The number of hydrogen-bond donors (Lipinski definition) is 1. The second-order valence-electron chi connectivity index (χ2n) is 8.07. The Morgan fingerprint density at radius 3 is 2.81 bits per heavy atom. The summed E-state index contributed by atoms with van der Waals surface area (Å²) in [5, 5.41) is 9.75. The molecule has 6 nitrogen and oxygen atoms in total. The Morgan fingerprint density at radius 2 is 2.04 bits per heavy atom. The molecule has 1 N–H and O–H groups in total. The van der Waals surface area contributed by atoms with Crippen molar-refractivity contribution >= 4 is 11.7 Å². The van der Waals surface area contributed by atoms with Gasteiger partial charge in [-0.05, 0) is 51.0 Å². The molecule has 1 unspecified atom stereocenters. The van der Waals surface area contributed by atoms with E-state index in [1.54, 1.807) is 13.3 Å². The average molecular weight is 359 g/mol. The summed E-state index contributed by atoms with van der Waals surface area (Å²) in [4.78, 5) is 22.2. The minimum Gasteiger partial charge on any atom is -0.497 e. The second kappa shape index (κ2) is 7.06. The number of rotatable bonds is 3. The fourth-order valence-electron chi connectivity index (χ4n) is 4.97. The maximum atomic E-state index is 13.4. The van der Waals surface area contributed by atoms with Crippen molar-refractivity contribution in [2.24, 2.45) is 5.41 Å². The van der Waals surface area contributed by atoms with Gasteiger partial charge in [-0.25, -0.2) is 4.98 Å². The highest BCUT2D eigenvalue weighted by Crippen LogP contribution is 2.43. The van der Waals surface area contributed by atoms with Crippen LogP contribution in [0.5, 0.6) is 5.75 Å². The predicted molar refractivity (Wildman–Crippen MR) is 99.3 cm³/mol. The molecule has 2 saturated heterocycles. The van der Waals surface area contributed by atoms with Gasteiger partial charge in [0.15, 0.2) is 0 Å². The van der Waals surface area contributed by atoms with Crippen molar-refractivity contribution in [1.29, 1.82) is 0 Å². The Hall–Kier alpha value is -1.82. The molecule has 1 aliphatic carbocycles. The Morgan fingerprint density at radius 1 is 1.23 bits per heavy atom. The number of carbonyl (C=O) groups is 1. The summed E-state index contributed by atoms with van der Waals surface area (Å²) in [5.74, 6) is 2.02. The quantitative estimate of drug-likeness (QED) is 0.896. The topological polar surface area (TPSA) is 65.9 Å². The predicted octanol–water partition coefficient (Wildman–Crippen LogP) is 2.21. The summed E-state index contributed by atoms with van der Waals surface area (Å²) in [6.07, 6.45) is 8.02. The van der Waals surface area contributed by atoms with Gasteiger partial charge in [0, 0.05) is 37.9 Å².